The van der Waals surface area contributed by atoms with Crippen molar-refractivity contribution in [2.45, 2.75) is 19.8 Å². The van der Waals surface area contributed by atoms with Crippen molar-refractivity contribution in [3.8, 4) is 39.6 Å². The fourth-order valence-corrected chi connectivity index (χ4v) is 3.72. The van der Waals surface area contributed by atoms with Crippen molar-refractivity contribution in [3.05, 3.63) is 47.3 Å². The van der Waals surface area contributed by atoms with E-state index in [1.165, 1.54) is 17.1 Å². The van der Waals surface area contributed by atoms with Crippen LogP contribution in [0.2, 0.25) is 0 Å². The van der Waals surface area contributed by atoms with Crippen LogP contribution in [0.25, 0.3) is 22.4 Å². The second-order valence-corrected chi connectivity index (χ2v) is 6.56. The van der Waals surface area contributed by atoms with E-state index >= 15 is 0 Å². The number of benzene rings is 2. The monoisotopic (exact) mass is 369 g/mol. The highest BCUT2D eigenvalue weighted by molar-refractivity contribution is 7.04. The maximum atomic E-state index is 5.62. The van der Waals surface area contributed by atoms with Crippen LogP contribution >= 0.6 is 11.5 Å². The minimum Gasteiger partial charge on any atom is -0.497 e. The maximum Gasteiger partial charge on any atom is 0.170 e. The van der Waals surface area contributed by atoms with Gasteiger partial charge in [-0.1, -0.05) is 37.6 Å². The summed E-state index contributed by atoms with van der Waals surface area (Å²) in [6.45, 7) is 2.19. The second-order valence-electron chi connectivity index (χ2n) is 5.93. The van der Waals surface area contributed by atoms with Crippen LogP contribution < -0.4 is 14.2 Å². The number of ether oxygens (including phenoxy) is 3. The Morgan fingerprint density at radius 1 is 0.923 bits per heavy atom. The summed E-state index contributed by atoms with van der Waals surface area (Å²) in [6.07, 6.45) is 2.24. The molecule has 0 atom stereocenters. The topological polar surface area (TPSA) is 40.6 Å². The van der Waals surface area contributed by atoms with Crippen molar-refractivity contribution >= 4 is 11.5 Å². The van der Waals surface area contributed by atoms with E-state index in [2.05, 4.69) is 40.9 Å². The molecular formula is C21H23NO3S. The molecule has 5 heteroatoms. The first kappa shape index (κ1) is 18.3. The number of hydrogen-bond acceptors (Lipinski definition) is 5. The van der Waals surface area contributed by atoms with Crippen molar-refractivity contribution in [3.63, 3.8) is 0 Å². The smallest absolute Gasteiger partial charge is 0.170 e. The Kier molecular flexibility index (Phi) is 5.78. The zero-order valence-corrected chi connectivity index (χ0v) is 16.4. The number of aromatic nitrogens is 1. The molecule has 2 aromatic carbocycles. The number of nitrogens with zero attached hydrogens (tertiary/aromatic N) is 1. The van der Waals surface area contributed by atoms with Gasteiger partial charge in [-0.2, -0.15) is 4.37 Å². The van der Waals surface area contributed by atoms with E-state index in [1.807, 2.05) is 12.1 Å². The van der Waals surface area contributed by atoms with Crippen LogP contribution in [0, 0.1) is 0 Å². The van der Waals surface area contributed by atoms with Crippen molar-refractivity contribution in [2.75, 3.05) is 21.3 Å². The molecule has 0 amide bonds. The van der Waals surface area contributed by atoms with E-state index in [9.17, 15) is 0 Å². The summed E-state index contributed by atoms with van der Waals surface area (Å²) in [5.74, 6) is 1.98. The molecule has 0 aliphatic heterocycles. The largest absolute Gasteiger partial charge is 0.497 e. The first-order valence-electron chi connectivity index (χ1n) is 8.55. The van der Waals surface area contributed by atoms with E-state index in [-0.39, 0.29) is 0 Å². The van der Waals surface area contributed by atoms with Gasteiger partial charge >= 0.3 is 0 Å². The predicted octanol–water partition coefficient (Wildman–Crippen LogP) is 5.46. The lowest BCUT2D eigenvalue weighted by Crippen LogP contribution is -1.96. The molecule has 3 aromatic rings. The number of methoxy groups -OCH3 is 3. The molecular weight excluding hydrogens is 346 g/mol. The molecule has 1 aromatic heterocycles. The number of aryl methyl sites for hydroxylation is 1. The van der Waals surface area contributed by atoms with Gasteiger partial charge in [-0.05, 0) is 35.1 Å². The average Bonchev–Trinajstić information content (AvgIpc) is 3.17. The third-order valence-corrected chi connectivity index (χ3v) is 4.95. The normalized spacial score (nSPS) is 10.6. The quantitative estimate of drug-likeness (QED) is 0.555. The fraction of sp³-hybridized carbons (Fsp3) is 0.286. The molecule has 0 saturated carbocycles. The minimum atomic E-state index is 0.624. The highest BCUT2D eigenvalue weighted by Gasteiger charge is 2.20. The van der Waals surface area contributed by atoms with Gasteiger partial charge in [-0.25, -0.2) is 0 Å². The van der Waals surface area contributed by atoms with Gasteiger partial charge in [0.1, 0.15) is 5.75 Å². The molecule has 0 N–H and O–H groups in total. The van der Waals surface area contributed by atoms with Crippen LogP contribution in [-0.2, 0) is 6.42 Å². The zero-order valence-electron chi connectivity index (χ0n) is 15.5. The van der Waals surface area contributed by atoms with Crippen molar-refractivity contribution in [1.82, 2.24) is 4.37 Å². The molecule has 0 fully saturated rings. The van der Waals surface area contributed by atoms with Crippen molar-refractivity contribution in [1.29, 1.82) is 0 Å². The first-order valence-corrected chi connectivity index (χ1v) is 9.39. The van der Waals surface area contributed by atoms with Gasteiger partial charge in [0.15, 0.2) is 11.5 Å². The summed E-state index contributed by atoms with van der Waals surface area (Å²) in [5, 5.41) is 2.07. The molecule has 0 radical (unpaired) electrons. The van der Waals surface area contributed by atoms with Gasteiger partial charge < -0.3 is 14.2 Å². The molecule has 0 unspecified atom stereocenters. The first-order chi connectivity index (χ1) is 12.7. The molecule has 0 bridgehead atoms. The summed E-state index contributed by atoms with van der Waals surface area (Å²) in [5.41, 5.74) is 5.29. The van der Waals surface area contributed by atoms with Gasteiger partial charge in [0, 0.05) is 17.0 Å². The predicted molar refractivity (Wildman–Crippen MR) is 107 cm³/mol. The van der Waals surface area contributed by atoms with E-state index < -0.39 is 0 Å². The Balaban J connectivity index is 2.11. The molecule has 3 rings (SSSR count). The molecule has 26 heavy (non-hydrogen) atoms. The average molecular weight is 369 g/mol. The van der Waals surface area contributed by atoms with E-state index in [1.54, 1.807) is 21.3 Å². The lowest BCUT2D eigenvalue weighted by molar-refractivity contribution is 0.350. The standard InChI is InChI=1S/C21H23NO3S/c1-5-6-14-7-9-15(10-8-14)18-13-26-22-20(18)17-11-16(23-2)12-19(24-3)21(17)25-4/h7-13H,5-6H2,1-4H3. The lowest BCUT2D eigenvalue weighted by Gasteiger charge is -2.14. The summed E-state index contributed by atoms with van der Waals surface area (Å²) < 4.78 is 21.1. The van der Waals surface area contributed by atoms with Crippen LogP contribution in [0.5, 0.6) is 17.2 Å². The molecule has 0 saturated heterocycles. The van der Waals surface area contributed by atoms with Gasteiger partial charge in [-0.15, -0.1) is 0 Å². The molecule has 1 heterocycles. The summed E-state index contributed by atoms with van der Waals surface area (Å²) in [7, 11) is 4.90. The van der Waals surface area contributed by atoms with Gasteiger partial charge in [0.25, 0.3) is 0 Å². The summed E-state index contributed by atoms with van der Waals surface area (Å²) in [4.78, 5) is 0. The SMILES string of the molecule is CCCc1ccc(-c2csnc2-c2cc(OC)cc(OC)c2OC)cc1. The Morgan fingerprint density at radius 3 is 2.31 bits per heavy atom. The Bertz CT molecular complexity index is 871. The Hall–Kier alpha value is -2.53. The molecule has 0 aliphatic carbocycles. The van der Waals surface area contributed by atoms with Crippen LogP contribution in [0.4, 0.5) is 0 Å². The highest BCUT2D eigenvalue weighted by atomic mass is 32.1. The number of rotatable bonds is 7. The van der Waals surface area contributed by atoms with E-state index in [4.69, 9.17) is 14.2 Å². The van der Waals surface area contributed by atoms with Crippen LogP contribution in [0.15, 0.2) is 41.8 Å². The lowest BCUT2D eigenvalue weighted by atomic mass is 9.99. The number of hydrogen-bond donors (Lipinski definition) is 0. The zero-order chi connectivity index (χ0) is 18.5. The summed E-state index contributed by atoms with van der Waals surface area (Å²) >= 11 is 1.43. The van der Waals surface area contributed by atoms with Gasteiger partial charge in [-0.3, -0.25) is 0 Å². The highest BCUT2D eigenvalue weighted by Crippen LogP contribution is 2.44. The van der Waals surface area contributed by atoms with Gasteiger partial charge in [0.2, 0.25) is 0 Å². The summed E-state index contributed by atoms with van der Waals surface area (Å²) in [6, 6.07) is 12.4. The second kappa shape index (κ2) is 8.23. The van der Waals surface area contributed by atoms with Crippen LogP contribution in [0.3, 0.4) is 0 Å². The molecule has 136 valence electrons. The third-order valence-electron chi connectivity index (χ3n) is 4.32. The van der Waals surface area contributed by atoms with E-state index in [0.29, 0.717) is 17.2 Å². The fourth-order valence-electron chi connectivity index (χ4n) is 3.01. The molecule has 4 nitrogen and oxygen atoms in total. The minimum absolute atomic E-state index is 0.624. The van der Waals surface area contributed by atoms with Crippen molar-refractivity contribution in [2.24, 2.45) is 0 Å². The van der Waals surface area contributed by atoms with E-state index in [0.717, 1.165) is 35.2 Å². The Morgan fingerprint density at radius 2 is 1.69 bits per heavy atom. The Labute approximate surface area is 158 Å². The van der Waals surface area contributed by atoms with Crippen LogP contribution in [-0.4, -0.2) is 25.7 Å². The molecule has 0 aliphatic rings. The third kappa shape index (κ3) is 3.53. The van der Waals surface area contributed by atoms with Crippen LogP contribution in [0.1, 0.15) is 18.9 Å². The van der Waals surface area contributed by atoms with Gasteiger partial charge in [0.05, 0.1) is 32.6 Å². The maximum absolute atomic E-state index is 5.62. The molecule has 0 spiro atoms. The van der Waals surface area contributed by atoms with Crippen molar-refractivity contribution < 1.29 is 14.2 Å².